The lowest BCUT2D eigenvalue weighted by Gasteiger charge is -2.19. The summed E-state index contributed by atoms with van der Waals surface area (Å²) in [5.74, 6) is 0.207. The van der Waals surface area contributed by atoms with Crippen LogP contribution in [-0.4, -0.2) is 9.13 Å². The van der Waals surface area contributed by atoms with Crippen LogP contribution in [-0.2, 0) is 14.1 Å². The molecule has 1 unspecified atom stereocenters. The summed E-state index contributed by atoms with van der Waals surface area (Å²) in [4.78, 5) is 24.0. The second-order valence-corrected chi connectivity index (χ2v) is 5.40. The predicted molar refractivity (Wildman–Crippen MR) is 85.1 cm³/mol. The van der Waals surface area contributed by atoms with Crippen molar-refractivity contribution in [2.24, 2.45) is 14.1 Å². The van der Waals surface area contributed by atoms with Gasteiger partial charge in [-0.1, -0.05) is 23.7 Å². The summed E-state index contributed by atoms with van der Waals surface area (Å²) < 4.78 is 2.17. The first-order chi connectivity index (χ1) is 10.4. The first-order valence-corrected chi connectivity index (χ1v) is 6.96. The number of halogens is 1. The SMILES string of the molecule is CC(Nc1c(C#N)c(=O)n(C)c(=O)n1C)c1ccc(Cl)cc1. The quantitative estimate of drug-likeness (QED) is 0.935. The molecule has 22 heavy (non-hydrogen) atoms. The van der Waals surface area contributed by atoms with Crippen LogP contribution in [0.2, 0.25) is 5.02 Å². The van der Waals surface area contributed by atoms with Crippen molar-refractivity contribution >= 4 is 17.4 Å². The summed E-state index contributed by atoms with van der Waals surface area (Å²) in [6, 6.07) is 8.84. The minimum absolute atomic E-state index is 0.0922. The number of rotatable bonds is 3. The smallest absolute Gasteiger partial charge is 0.332 e. The van der Waals surface area contributed by atoms with E-state index in [4.69, 9.17) is 11.6 Å². The summed E-state index contributed by atoms with van der Waals surface area (Å²) >= 11 is 5.86. The Bertz CT molecular complexity index is 859. The third kappa shape index (κ3) is 2.76. The van der Waals surface area contributed by atoms with Crippen LogP contribution in [0.25, 0.3) is 0 Å². The van der Waals surface area contributed by atoms with Crippen molar-refractivity contribution < 1.29 is 0 Å². The maximum absolute atomic E-state index is 12.0. The maximum atomic E-state index is 12.0. The fraction of sp³-hybridized carbons (Fsp3) is 0.267. The van der Waals surface area contributed by atoms with Gasteiger partial charge in [0.2, 0.25) is 0 Å². The minimum atomic E-state index is -0.614. The van der Waals surface area contributed by atoms with Crippen molar-refractivity contribution in [3.05, 3.63) is 61.3 Å². The average Bonchev–Trinajstić information content (AvgIpc) is 2.51. The summed E-state index contributed by atoms with van der Waals surface area (Å²) in [6.07, 6.45) is 0. The Morgan fingerprint density at radius 1 is 1.18 bits per heavy atom. The van der Waals surface area contributed by atoms with Crippen LogP contribution < -0.4 is 16.6 Å². The molecule has 0 amide bonds. The largest absolute Gasteiger partial charge is 0.364 e. The monoisotopic (exact) mass is 318 g/mol. The summed E-state index contributed by atoms with van der Waals surface area (Å²) in [5.41, 5.74) is -0.280. The molecular formula is C15H15ClN4O2. The number of aromatic nitrogens is 2. The van der Waals surface area contributed by atoms with Gasteiger partial charge in [-0.15, -0.1) is 0 Å². The van der Waals surface area contributed by atoms with Gasteiger partial charge in [0.25, 0.3) is 5.56 Å². The third-order valence-corrected chi connectivity index (χ3v) is 3.75. The molecule has 0 aliphatic carbocycles. The molecule has 7 heteroatoms. The molecule has 1 aromatic heterocycles. The minimum Gasteiger partial charge on any atom is -0.364 e. The van der Waals surface area contributed by atoms with Crippen LogP contribution in [0, 0.1) is 11.3 Å². The Morgan fingerprint density at radius 2 is 1.77 bits per heavy atom. The van der Waals surface area contributed by atoms with Crippen LogP contribution in [0.5, 0.6) is 0 Å². The standard InChI is InChI=1S/C15H15ClN4O2/c1-9(10-4-6-11(16)7-5-10)18-13-12(8-17)14(21)20(3)15(22)19(13)2/h4-7,9,18H,1-3H3. The zero-order valence-corrected chi connectivity index (χ0v) is 13.2. The second kappa shape index (κ2) is 6.08. The van der Waals surface area contributed by atoms with Crippen molar-refractivity contribution in [3.8, 4) is 6.07 Å². The topological polar surface area (TPSA) is 79.8 Å². The van der Waals surface area contributed by atoms with E-state index in [0.717, 1.165) is 10.1 Å². The molecular weight excluding hydrogens is 304 g/mol. The molecule has 1 atom stereocenters. The number of hydrogen-bond acceptors (Lipinski definition) is 4. The molecule has 0 bridgehead atoms. The van der Waals surface area contributed by atoms with Crippen molar-refractivity contribution in [2.45, 2.75) is 13.0 Å². The Morgan fingerprint density at radius 3 is 2.32 bits per heavy atom. The van der Waals surface area contributed by atoms with Crippen LogP contribution in [0.4, 0.5) is 5.82 Å². The molecule has 1 N–H and O–H groups in total. The molecule has 114 valence electrons. The van der Waals surface area contributed by atoms with E-state index in [1.54, 1.807) is 12.1 Å². The molecule has 0 saturated heterocycles. The van der Waals surface area contributed by atoms with E-state index in [-0.39, 0.29) is 17.4 Å². The molecule has 0 aliphatic rings. The first kappa shape index (κ1) is 15.9. The lowest BCUT2D eigenvalue weighted by atomic mass is 10.1. The summed E-state index contributed by atoms with van der Waals surface area (Å²) in [6.45, 7) is 1.87. The molecule has 0 saturated carbocycles. The number of nitrogens with one attached hydrogen (secondary N) is 1. The van der Waals surface area contributed by atoms with Crippen molar-refractivity contribution in [1.82, 2.24) is 9.13 Å². The van der Waals surface area contributed by atoms with Crippen LogP contribution in [0.3, 0.4) is 0 Å². The Labute approximate surface area is 132 Å². The van der Waals surface area contributed by atoms with E-state index in [9.17, 15) is 14.9 Å². The molecule has 1 aromatic carbocycles. The van der Waals surface area contributed by atoms with E-state index in [0.29, 0.717) is 5.02 Å². The highest BCUT2D eigenvalue weighted by Crippen LogP contribution is 2.21. The van der Waals surface area contributed by atoms with Gasteiger partial charge < -0.3 is 5.32 Å². The van der Waals surface area contributed by atoms with Gasteiger partial charge in [-0.3, -0.25) is 13.9 Å². The van der Waals surface area contributed by atoms with Crippen molar-refractivity contribution in [1.29, 1.82) is 5.26 Å². The van der Waals surface area contributed by atoms with Gasteiger partial charge in [0, 0.05) is 25.2 Å². The Hall–Kier alpha value is -2.52. The average molecular weight is 319 g/mol. The number of benzene rings is 1. The zero-order valence-electron chi connectivity index (χ0n) is 12.4. The lowest BCUT2D eigenvalue weighted by Crippen LogP contribution is -2.40. The van der Waals surface area contributed by atoms with E-state index in [1.165, 1.54) is 18.7 Å². The molecule has 0 aliphatic heterocycles. The van der Waals surface area contributed by atoms with Crippen molar-refractivity contribution in [3.63, 3.8) is 0 Å². The molecule has 0 spiro atoms. The van der Waals surface area contributed by atoms with Gasteiger partial charge in [-0.2, -0.15) is 5.26 Å². The number of hydrogen-bond donors (Lipinski definition) is 1. The van der Waals surface area contributed by atoms with Gasteiger partial charge in [-0.25, -0.2) is 4.79 Å². The van der Waals surface area contributed by atoms with E-state index >= 15 is 0 Å². The normalized spacial score (nSPS) is 11.8. The Balaban J connectivity index is 2.50. The molecule has 0 radical (unpaired) electrons. The van der Waals surface area contributed by atoms with Crippen LogP contribution in [0.1, 0.15) is 24.1 Å². The Kier molecular flexibility index (Phi) is 4.38. The number of nitriles is 1. The van der Waals surface area contributed by atoms with E-state index in [2.05, 4.69) is 5.32 Å². The van der Waals surface area contributed by atoms with Crippen LogP contribution >= 0.6 is 11.6 Å². The molecule has 2 aromatic rings. The van der Waals surface area contributed by atoms with Crippen LogP contribution in [0.15, 0.2) is 33.9 Å². The number of anilines is 1. The second-order valence-electron chi connectivity index (χ2n) is 4.96. The van der Waals surface area contributed by atoms with E-state index < -0.39 is 11.2 Å². The van der Waals surface area contributed by atoms with Gasteiger partial charge >= 0.3 is 5.69 Å². The fourth-order valence-electron chi connectivity index (χ4n) is 2.15. The first-order valence-electron chi connectivity index (χ1n) is 6.59. The maximum Gasteiger partial charge on any atom is 0.332 e. The number of nitrogens with zero attached hydrogens (tertiary/aromatic N) is 3. The highest BCUT2D eigenvalue weighted by Gasteiger charge is 2.17. The predicted octanol–water partition coefficient (Wildman–Crippen LogP) is 1.78. The van der Waals surface area contributed by atoms with E-state index in [1.807, 2.05) is 25.1 Å². The molecule has 6 nitrogen and oxygen atoms in total. The van der Waals surface area contributed by atoms with Gasteiger partial charge in [0.15, 0.2) is 5.56 Å². The third-order valence-electron chi connectivity index (χ3n) is 3.50. The summed E-state index contributed by atoms with van der Waals surface area (Å²) in [5, 5.41) is 12.9. The van der Waals surface area contributed by atoms with Gasteiger partial charge in [-0.05, 0) is 24.6 Å². The van der Waals surface area contributed by atoms with Crippen molar-refractivity contribution in [2.75, 3.05) is 5.32 Å². The fourth-order valence-corrected chi connectivity index (χ4v) is 2.28. The van der Waals surface area contributed by atoms with Gasteiger partial charge in [0.1, 0.15) is 11.9 Å². The summed E-state index contributed by atoms with van der Waals surface area (Å²) in [7, 11) is 2.86. The highest BCUT2D eigenvalue weighted by molar-refractivity contribution is 6.30. The zero-order chi connectivity index (χ0) is 16.4. The molecule has 2 rings (SSSR count). The highest BCUT2D eigenvalue weighted by atomic mass is 35.5. The lowest BCUT2D eigenvalue weighted by molar-refractivity contribution is 0.678. The molecule has 0 fully saturated rings. The molecule has 1 heterocycles. The van der Waals surface area contributed by atoms with Gasteiger partial charge in [0.05, 0.1) is 0 Å².